The SMILES string of the molecule is Cn1cc(CC(O)C2C(C)(C)C2(C)C)cn1. The molecular formula is C13H22N2O. The van der Waals surface area contributed by atoms with E-state index in [9.17, 15) is 5.11 Å². The third kappa shape index (κ3) is 1.58. The van der Waals surface area contributed by atoms with Crippen LogP contribution in [0, 0.1) is 16.7 Å². The molecule has 1 heterocycles. The number of rotatable bonds is 3. The van der Waals surface area contributed by atoms with E-state index in [4.69, 9.17) is 0 Å². The van der Waals surface area contributed by atoms with E-state index in [0.717, 1.165) is 5.56 Å². The molecule has 1 aliphatic carbocycles. The van der Waals surface area contributed by atoms with Crippen molar-refractivity contribution in [3.05, 3.63) is 18.0 Å². The number of hydrogen-bond donors (Lipinski definition) is 1. The van der Waals surface area contributed by atoms with Gasteiger partial charge in [0.25, 0.3) is 0 Å². The lowest BCUT2D eigenvalue weighted by Gasteiger charge is -2.11. The van der Waals surface area contributed by atoms with E-state index in [2.05, 4.69) is 32.8 Å². The van der Waals surface area contributed by atoms with Crippen LogP contribution in [-0.2, 0) is 13.5 Å². The van der Waals surface area contributed by atoms with Gasteiger partial charge >= 0.3 is 0 Å². The fourth-order valence-corrected chi connectivity index (χ4v) is 3.15. The standard InChI is InChI=1S/C13H22N2O/c1-12(2)11(13(12,3)4)10(16)6-9-7-14-15(5)8-9/h7-8,10-11,16H,6H2,1-5H3. The van der Waals surface area contributed by atoms with E-state index in [1.165, 1.54) is 0 Å². The smallest absolute Gasteiger partial charge is 0.0620 e. The van der Waals surface area contributed by atoms with Crippen LogP contribution in [0.3, 0.4) is 0 Å². The summed E-state index contributed by atoms with van der Waals surface area (Å²) in [5, 5.41) is 14.4. The Labute approximate surface area is 97.5 Å². The van der Waals surface area contributed by atoms with Crippen LogP contribution in [0.25, 0.3) is 0 Å². The Bertz CT molecular complexity index is 378. The summed E-state index contributed by atoms with van der Waals surface area (Å²) in [6.07, 6.45) is 4.27. The molecule has 0 radical (unpaired) electrons. The second kappa shape index (κ2) is 3.33. The molecule has 3 nitrogen and oxygen atoms in total. The Hall–Kier alpha value is -0.830. The Morgan fingerprint density at radius 1 is 1.38 bits per heavy atom. The third-order valence-corrected chi connectivity index (χ3v) is 4.72. The van der Waals surface area contributed by atoms with Gasteiger partial charge in [-0.1, -0.05) is 27.7 Å². The maximum atomic E-state index is 10.3. The first kappa shape index (κ1) is 11.6. The minimum absolute atomic E-state index is 0.245. The zero-order chi connectivity index (χ0) is 12.1. The highest BCUT2D eigenvalue weighted by Crippen LogP contribution is 2.69. The minimum Gasteiger partial charge on any atom is -0.392 e. The molecule has 0 amide bonds. The van der Waals surface area contributed by atoms with E-state index in [0.29, 0.717) is 12.3 Å². The molecule has 1 fully saturated rings. The Balaban J connectivity index is 2.03. The fraction of sp³-hybridized carbons (Fsp3) is 0.769. The average Bonchev–Trinajstić information content (AvgIpc) is 2.44. The number of hydrogen-bond acceptors (Lipinski definition) is 2. The summed E-state index contributed by atoms with van der Waals surface area (Å²) in [6, 6.07) is 0. The highest BCUT2D eigenvalue weighted by atomic mass is 16.3. The third-order valence-electron chi connectivity index (χ3n) is 4.72. The second-order valence-electron chi connectivity index (χ2n) is 6.21. The molecule has 0 aliphatic heterocycles. The topological polar surface area (TPSA) is 38.0 Å². The molecule has 0 spiro atoms. The molecule has 1 N–H and O–H groups in total. The normalized spacial score (nSPS) is 24.4. The maximum absolute atomic E-state index is 10.3. The molecule has 1 aromatic rings. The zero-order valence-electron chi connectivity index (χ0n) is 10.9. The number of aliphatic hydroxyl groups excluding tert-OH is 1. The Morgan fingerprint density at radius 2 is 1.94 bits per heavy atom. The monoisotopic (exact) mass is 222 g/mol. The van der Waals surface area contributed by atoms with Crippen LogP contribution in [-0.4, -0.2) is 21.0 Å². The maximum Gasteiger partial charge on any atom is 0.0620 e. The molecule has 1 atom stereocenters. The summed E-state index contributed by atoms with van der Waals surface area (Å²) in [5.41, 5.74) is 1.61. The van der Waals surface area contributed by atoms with Crippen LogP contribution in [0.2, 0.25) is 0 Å². The van der Waals surface area contributed by atoms with E-state index in [-0.39, 0.29) is 16.9 Å². The van der Waals surface area contributed by atoms with Crippen LogP contribution in [0.5, 0.6) is 0 Å². The molecule has 90 valence electrons. The van der Waals surface area contributed by atoms with Gasteiger partial charge in [-0.05, 0) is 22.3 Å². The van der Waals surface area contributed by atoms with Gasteiger partial charge in [-0.25, -0.2) is 0 Å². The van der Waals surface area contributed by atoms with Gasteiger partial charge in [-0.2, -0.15) is 5.10 Å². The zero-order valence-corrected chi connectivity index (χ0v) is 10.9. The first-order valence-electron chi connectivity index (χ1n) is 5.92. The van der Waals surface area contributed by atoms with Crippen molar-refractivity contribution in [2.75, 3.05) is 0 Å². The molecule has 2 rings (SSSR count). The van der Waals surface area contributed by atoms with E-state index in [1.54, 1.807) is 4.68 Å². The molecule has 3 heteroatoms. The van der Waals surface area contributed by atoms with Crippen molar-refractivity contribution in [3.63, 3.8) is 0 Å². The highest BCUT2D eigenvalue weighted by molar-refractivity contribution is 5.17. The van der Waals surface area contributed by atoms with Crippen molar-refractivity contribution in [2.24, 2.45) is 23.8 Å². The Morgan fingerprint density at radius 3 is 2.31 bits per heavy atom. The predicted octanol–water partition coefficient (Wildman–Crippen LogP) is 2.01. The van der Waals surface area contributed by atoms with Crippen LogP contribution >= 0.6 is 0 Å². The lowest BCUT2D eigenvalue weighted by molar-refractivity contribution is 0.129. The quantitative estimate of drug-likeness (QED) is 0.849. The highest BCUT2D eigenvalue weighted by Gasteiger charge is 2.66. The molecule has 0 aromatic carbocycles. The summed E-state index contributed by atoms with van der Waals surface area (Å²) < 4.78 is 1.78. The van der Waals surface area contributed by atoms with Crippen LogP contribution in [0.15, 0.2) is 12.4 Å². The van der Waals surface area contributed by atoms with Gasteiger partial charge in [0.1, 0.15) is 0 Å². The van der Waals surface area contributed by atoms with Gasteiger partial charge in [0.05, 0.1) is 12.3 Å². The van der Waals surface area contributed by atoms with Gasteiger partial charge in [0.2, 0.25) is 0 Å². The molecule has 1 aliphatic rings. The predicted molar refractivity (Wildman–Crippen MR) is 64.0 cm³/mol. The molecule has 1 unspecified atom stereocenters. The summed E-state index contributed by atoms with van der Waals surface area (Å²) in [4.78, 5) is 0. The summed E-state index contributed by atoms with van der Waals surface area (Å²) >= 11 is 0. The van der Waals surface area contributed by atoms with Crippen LogP contribution in [0.1, 0.15) is 33.3 Å². The molecule has 1 aromatic heterocycles. The van der Waals surface area contributed by atoms with E-state index < -0.39 is 0 Å². The van der Waals surface area contributed by atoms with E-state index >= 15 is 0 Å². The van der Waals surface area contributed by atoms with Gasteiger partial charge in [0.15, 0.2) is 0 Å². The Kier molecular flexibility index (Phi) is 2.42. The lowest BCUT2D eigenvalue weighted by Crippen LogP contribution is -2.17. The average molecular weight is 222 g/mol. The van der Waals surface area contributed by atoms with Crippen molar-refractivity contribution in [1.82, 2.24) is 9.78 Å². The van der Waals surface area contributed by atoms with Crippen molar-refractivity contribution >= 4 is 0 Å². The minimum atomic E-state index is -0.255. The van der Waals surface area contributed by atoms with Crippen molar-refractivity contribution in [2.45, 2.75) is 40.2 Å². The van der Waals surface area contributed by atoms with Crippen molar-refractivity contribution < 1.29 is 5.11 Å². The number of nitrogens with zero attached hydrogens (tertiary/aromatic N) is 2. The fourth-order valence-electron chi connectivity index (χ4n) is 3.15. The lowest BCUT2D eigenvalue weighted by atomic mass is 10.0. The molecule has 0 saturated heterocycles. The van der Waals surface area contributed by atoms with Crippen LogP contribution in [0.4, 0.5) is 0 Å². The number of aliphatic hydroxyl groups is 1. The largest absolute Gasteiger partial charge is 0.392 e. The second-order valence-corrected chi connectivity index (χ2v) is 6.21. The number of aryl methyl sites for hydroxylation is 1. The molecule has 0 bridgehead atoms. The molecular weight excluding hydrogens is 200 g/mol. The van der Waals surface area contributed by atoms with Crippen molar-refractivity contribution in [1.29, 1.82) is 0 Å². The van der Waals surface area contributed by atoms with Crippen LogP contribution < -0.4 is 0 Å². The first-order chi connectivity index (χ1) is 7.26. The first-order valence-corrected chi connectivity index (χ1v) is 5.92. The van der Waals surface area contributed by atoms with Gasteiger partial charge in [0, 0.05) is 19.7 Å². The van der Waals surface area contributed by atoms with Gasteiger partial charge in [-0.3, -0.25) is 4.68 Å². The molecule has 1 saturated carbocycles. The number of aromatic nitrogens is 2. The van der Waals surface area contributed by atoms with E-state index in [1.807, 2.05) is 19.4 Å². The molecule has 16 heavy (non-hydrogen) atoms. The van der Waals surface area contributed by atoms with Gasteiger partial charge < -0.3 is 5.11 Å². The van der Waals surface area contributed by atoms with Gasteiger partial charge in [-0.15, -0.1) is 0 Å². The van der Waals surface area contributed by atoms with Crippen molar-refractivity contribution in [3.8, 4) is 0 Å². The summed E-state index contributed by atoms with van der Waals surface area (Å²) in [7, 11) is 1.90. The summed E-state index contributed by atoms with van der Waals surface area (Å²) in [5.74, 6) is 0.389. The summed E-state index contributed by atoms with van der Waals surface area (Å²) in [6.45, 7) is 8.96.